The van der Waals surface area contributed by atoms with E-state index in [0.29, 0.717) is 18.2 Å². The standard InChI is InChI=1S/C18H20F3N5O2/c1-22-17(25-11-16(27)26-14-3-2-8-23-10-14)24-9-13-4-6-15(7-5-13)28-12-18(19,20)21/h2-8,10H,9,11-12H2,1H3,(H,26,27)(H2,22,24,25). The van der Waals surface area contributed by atoms with Gasteiger partial charge in [-0.15, -0.1) is 0 Å². The molecule has 0 bridgehead atoms. The monoisotopic (exact) mass is 395 g/mol. The number of carbonyl (C=O) groups is 1. The largest absolute Gasteiger partial charge is 0.484 e. The average molecular weight is 395 g/mol. The lowest BCUT2D eigenvalue weighted by molar-refractivity contribution is -0.153. The summed E-state index contributed by atoms with van der Waals surface area (Å²) in [6.07, 6.45) is -1.23. The molecule has 0 aliphatic heterocycles. The number of aliphatic imine (C=N–C) groups is 1. The van der Waals surface area contributed by atoms with Gasteiger partial charge in [-0.2, -0.15) is 13.2 Å². The Labute approximate surface area is 160 Å². The summed E-state index contributed by atoms with van der Waals surface area (Å²) in [5, 5.41) is 8.55. The van der Waals surface area contributed by atoms with Crippen LogP contribution in [0.25, 0.3) is 0 Å². The van der Waals surface area contributed by atoms with E-state index >= 15 is 0 Å². The van der Waals surface area contributed by atoms with Crippen LogP contribution in [-0.4, -0.2) is 43.2 Å². The van der Waals surface area contributed by atoms with Gasteiger partial charge in [0.05, 0.1) is 18.4 Å². The fraction of sp³-hybridized carbons (Fsp3) is 0.278. The van der Waals surface area contributed by atoms with Crippen molar-refractivity contribution in [2.45, 2.75) is 12.7 Å². The minimum Gasteiger partial charge on any atom is -0.484 e. The second kappa shape index (κ2) is 10.1. The maximum absolute atomic E-state index is 12.1. The third kappa shape index (κ3) is 7.94. The molecule has 0 radical (unpaired) electrons. The van der Waals surface area contributed by atoms with Gasteiger partial charge < -0.3 is 20.7 Å². The molecule has 2 aromatic rings. The summed E-state index contributed by atoms with van der Waals surface area (Å²) in [6, 6.07) is 9.63. The third-order valence-electron chi connectivity index (χ3n) is 3.37. The van der Waals surface area contributed by atoms with Crippen molar-refractivity contribution in [3.8, 4) is 5.75 Å². The predicted octanol–water partition coefficient (Wildman–Crippen LogP) is 2.33. The first-order chi connectivity index (χ1) is 13.4. The van der Waals surface area contributed by atoms with Crippen LogP contribution in [0, 0.1) is 0 Å². The number of ether oxygens (including phenoxy) is 1. The lowest BCUT2D eigenvalue weighted by atomic mass is 10.2. The van der Waals surface area contributed by atoms with Gasteiger partial charge in [0.1, 0.15) is 5.75 Å². The van der Waals surface area contributed by atoms with E-state index in [4.69, 9.17) is 0 Å². The summed E-state index contributed by atoms with van der Waals surface area (Å²) in [7, 11) is 1.56. The number of hydrogen-bond acceptors (Lipinski definition) is 4. The zero-order chi connectivity index (χ0) is 20.4. The maximum atomic E-state index is 12.1. The van der Waals surface area contributed by atoms with E-state index in [1.165, 1.54) is 18.3 Å². The lowest BCUT2D eigenvalue weighted by Crippen LogP contribution is -2.41. The molecule has 0 saturated carbocycles. The molecule has 1 heterocycles. The van der Waals surface area contributed by atoms with Crippen LogP contribution in [0.2, 0.25) is 0 Å². The predicted molar refractivity (Wildman–Crippen MR) is 99.1 cm³/mol. The second-order valence-electron chi connectivity index (χ2n) is 5.62. The number of hydrogen-bond donors (Lipinski definition) is 3. The van der Waals surface area contributed by atoms with Gasteiger partial charge in [0.15, 0.2) is 12.6 Å². The van der Waals surface area contributed by atoms with Crippen molar-refractivity contribution in [3.05, 3.63) is 54.4 Å². The molecule has 3 N–H and O–H groups in total. The highest BCUT2D eigenvalue weighted by Crippen LogP contribution is 2.18. The Bertz CT molecular complexity index is 780. The highest BCUT2D eigenvalue weighted by Gasteiger charge is 2.28. The normalized spacial score (nSPS) is 11.6. The Kier molecular flexibility index (Phi) is 7.61. The van der Waals surface area contributed by atoms with E-state index in [2.05, 4.69) is 30.7 Å². The zero-order valence-corrected chi connectivity index (χ0v) is 15.1. The van der Waals surface area contributed by atoms with Crippen LogP contribution >= 0.6 is 0 Å². The van der Waals surface area contributed by atoms with Crippen molar-refractivity contribution in [1.82, 2.24) is 15.6 Å². The van der Waals surface area contributed by atoms with Gasteiger partial charge in [-0.25, -0.2) is 0 Å². The number of anilines is 1. The minimum absolute atomic E-state index is 0.00120. The van der Waals surface area contributed by atoms with Gasteiger partial charge in [0.25, 0.3) is 0 Å². The van der Waals surface area contributed by atoms with Gasteiger partial charge in [-0.05, 0) is 29.8 Å². The van der Waals surface area contributed by atoms with Gasteiger partial charge in [-0.1, -0.05) is 12.1 Å². The summed E-state index contributed by atoms with van der Waals surface area (Å²) in [6.45, 7) is -0.968. The molecule has 0 spiro atoms. The van der Waals surface area contributed by atoms with Crippen LogP contribution in [0.5, 0.6) is 5.75 Å². The summed E-state index contributed by atoms with van der Waals surface area (Å²) >= 11 is 0. The Morgan fingerprint density at radius 3 is 2.54 bits per heavy atom. The molecule has 7 nitrogen and oxygen atoms in total. The van der Waals surface area contributed by atoms with Crippen LogP contribution in [-0.2, 0) is 11.3 Å². The van der Waals surface area contributed by atoms with Crippen molar-refractivity contribution < 1.29 is 22.7 Å². The number of halogens is 3. The Balaban J connectivity index is 1.75. The van der Waals surface area contributed by atoms with Gasteiger partial charge in [-0.3, -0.25) is 14.8 Å². The van der Waals surface area contributed by atoms with Crippen LogP contribution in [0.15, 0.2) is 53.8 Å². The van der Waals surface area contributed by atoms with Crippen molar-refractivity contribution in [2.75, 3.05) is 25.5 Å². The molecule has 0 saturated heterocycles. The van der Waals surface area contributed by atoms with E-state index < -0.39 is 12.8 Å². The number of rotatable bonds is 7. The molecule has 28 heavy (non-hydrogen) atoms. The maximum Gasteiger partial charge on any atom is 0.422 e. The van der Waals surface area contributed by atoms with E-state index in [-0.39, 0.29) is 18.2 Å². The molecule has 0 fully saturated rings. The van der Waals surface area contributed by atoms with E-state index in [9.17, 15) is 18.0 Å². The Hall–Kier alpha value is -3.30. The number of aromatic nitrogens is 1. The number of pyridine rings is 1. The van der Waals surface area contributed by atoms with E-state index in [1.54, 1.807) is 37.5 Å². The molecule has 1 aromatic heterocycles. The fourth-order valence-corrected chi connectivity index (χ4v) is 2.08. The molecule has 0 unspecified atom stereocenters. The highest BCUT2D eigenvalue weighted by molar-refractivity contribution is 5.94. The number of nitrogens with one attached hydrogen (secondary N) is 3. The summed E-state index contributed by atoms with van der Waals surface area (Å²) in [5.41, 5.74) is 1.40. The molecule has 0 aliphatic carbocycles. The van der Waals surface area contributed by atoms with Crippen LogP contribution < -0.4 is 20.7 Å². The van der Waals surface area contributed by atoms with Crippen LogP contribution in [0.3, 0.4) is 0 Å². The Morgan fingerprint density at radius 2 is 1.93 bits per heavy atom. The zero-order valence-electron chi connectivity index (χ0n) is 15.1. The third-order valence-corrected chi connectivity index (χ3v) is 3.37. The fourth-order valence-electron chi connectivity index (χ4n) is 2.08. The molecule has 1 amide bonds. The molecule has 2 rings (SSSR count). The van der Waals surface area contributed by atoms with Gasteiger partial charge in [0, 0.05) is 19.8 Å². The number of guanidine groups is 1. The van der Waals surface area contributed by atoms with Crippen molar-refractivity contribution >= 4 is 17.6 Å². The highest BCUT2D eigenvalue weighted by atomic mass is 19.4. The number of benzene rings is 1. The average Bonchev–Trinajstić information content (AvgIpc) is 2.67. The molecular formula is C18H20F3N5O2. The summed E-state index contributed by atoms with van der Waals surface area (Å²) < 4.78 is 41.1. The van der Waals surface area contributed by atoms with Crippen molar-refractivity contribution in [2.24, 2.45) is 4.99 Å². The summed E-state index contributed by atoms with van der Waals surface area (Å²) in [5.74, 6) is 0.275. The first-order valence-electron chi connectivity index (χ1n) is 8.28. The SMILES string of the molecule is CN=C(NCC(=O)Nc1cccnc1)NCc1ccc(OCC(F)(F)F)cc1. The number of alkyl halides is 3. The topological polar surface area (TPSA) is 87.6 Å². The lowest BCUT2D eigenvalue weighted by Gasteiger charge is -2.13. The molecule has 10 heteroatoms. The number of nitrogens with zero attached hydrogens (tertiary/aromatic N) is 2. The first kappa shape index (κ1) is 21.0. The van der Waals surface area contributed by atoms with E-state index in [1.807, 2.05) is 0 Å². The van der Waals surface area contributed by atoms with Gasteiger partial charge in [0.2, 0.25) is 5.91 Å². The quantitative estimate of drug-likeness (QED) is 0.495. The first-order valence-corrected chi connectivity index (χ1v) is 8.28. The Morgan fingerprint density at radius 1 is 1.18 bits per heavy atom. The minimum atomic E-state index is -4.37. The smallest absolute Gasteiger partial charge is 0.422 e. The second-order valence-corrected chi connectivity index (χ2v) is 5.62. The molecule has 150 valence electrons. The number of carbonyl (C=O) groups excluding carboxylic acids is 1. The van der Waals surface area contributed by atoms with Crippen molar-refractivity contribution in [1.29, 1.82) is 0 Å². The van der Waals surface area contributed by atoms with Gasteiger partial charge >= 0.3 is 6.18 Å². The molecule has 1 aromatic carbocycles. The van der Waals surface area contributed by atoms with E-state index in [0.717, 1.165) is 5.56 Å². The van der Waals surface area contributed by atoms with Crippen LogP contribution in [0.1, 0.15) is 5.56 Å². The summed E-state index contributed by atoms with van der Waals surface area (Å²) in [4.78, 5) is 19.8. The molecule has 0 aliphatic rings. The van der Waals surface area contributed by atoms with Crippen LogP contribution in [0.4, 0.5) is 18.9 Å². The molecular weight excluding hydrogens is 375 g/mol. The molecule has 0 atom stereocenters. The number of amides is 1. The van der Waals surface area contributed by atoms with Crippen molar-refractivity contribution in [3.63, 3.8) is 0 Å².